The Morgan fingerprint density at radius 1 is 1.24 bits per heavy atom. The molecule has 0 spiro atoms. The average molecular weight is 252 g/mol. The molecule has 1 aromatic carbocycles. The Morgan fingerprint density at radius 2 is 1.82 bits per heavy atom. The third-order valence-electron chi connectivity index (χ3n) is 2.98. The summed E-state index contributed by atoms with van der Waals surface area (Å²) in [5, 5.41) is 0.0915. The van der Waals surface area contributed by atoms with E-state index in [9.17, 15) is 9.00 Å². The van der Waals surface area contributed by atoms with Gasteiger partial charge in [-0.15, -0.1) is 0 Å². The molecule has 0 saturated carbocycles. The van der Waals surface area contributed by atoms with E-state index in [4.69, 9.17) is 0 Å². The van der Waals surface area contributed by atoms with Gasteiger partial charge >= 0.3 is 0 Å². The molecule has 0 bridgehead atoms. The Kier molecular flexibility index (Phi) is 5.56. The minimum atomic E-state index is -1.05. The summed E-state index contributed by atoms with van der Waals surface area (Å²) in [4.78, 5) is 11.9. The molecule has 2 atom stereocenters. The van der Waals surface area contributed by atoms with Crippen molar-refractivity contribution in [3.63, 3.8) is 0 Å². The standard InChI is InChI=1S/C14H20O2S/c1-4-11(3)17(16)10-14(15)13-8-6-12(5-2)7-9-13/h6-9,11H,4-5,10H2,1-3H3. The van der Waals surface area contributed by atoms with Gasteiger partial charge in [-0.2, -0.15) is 0 Å². The third-order valence-corrected chi connectivity index (χ3v) is 4.76. The lowest BCUT2D eigenvalue weighted by Crippen LogP contribution is -2.19. The van der Waals surface area contributed by atoms with Crippen molar-refractivity contribution >= 4 is 16.6 Å². The fourth-order valence-electron chi connectivity index (χ4n) is 1.47. The lowest BCUT2D eigenvalue weighted by atomic mass is 10.1. The topological polar surface area (TPSA) is 34.1 Å². The first-order chi connectivity index (χ1) is 8.08. The Balaban J connectivity index is 2.66. The van der Waals surface area contributed by atoms with E-state index in [1.165, 1.54) is 5.56 Å². The minimum absolute atomic E-state index is 0.0220. The molecule has 94 valence electrons. The van der Waals surface area contributed by atoms with E-state index in [0.29, 0.717) is 5.56 Å². The van der Waals surface area contributed by atoms with Crippen molar-refractivity contribution < 1.29 is 9.00 Å². The maximum absolute atomic E-state index is 11.9. The molecule has 0 aliphatic heterocycles. The molecule has 2 unspecified atom stereocenters. The highest BCUT2D eigenvalue weighted by molar-refractivity contribution is 7.86. The van der Waals surface area contributed by atoms with Crippen molar-refractivity contribution in [1.82, 2.24) is 0 Å². The molecule has 2 nitrogen and oxygen atoms in total. The number of Topliss-reactive ketones (excluding diaryl/α,β-unsaturated/α-hetero) is 1. The number of carbonyl (C=O) groups excluding carboxylic acids is 1. The lowest BCUT2D eigenvalue weighted by molar-refractivity contribution is 0.102. The second-order valence-electron chi connectivity index (χ2n) is 4.22. The maximum atomic E-state index is 11.9. The van der Waals surface area contributed by atoms with Gasteiger partial charge in [-0.05, 0) is 18.4 Å². The van der Waals surface area contributed by atoms with Gasteiger partial charge in [0.25, 0.3) is 0 Å². The van der Waals surface area contributed by atoms with Gasteiger partial charge in [0.1, 0.15) is 0 Å². The van der Waals surface area contributed by atoms with Gasteiger partial charge in [0.2, 0.25) is 0 Å². The summed E-state index contributed by atoms with van der Waals surface area (Å²) in [6.45, 7) is 5.99. The van der Waals surface area contributed by atoms with Crippen molar-refractivity contribution in [2.24, 2.45) is 0 Å². The van der Waals surface area contributed by atoms with E-state index in [1.807, 2.05) is 38.1 Å². The summed E-state index contributed by atoms with van der Waals surface area (Å²) in [7, 11) is -1.05. The minimum Gasteiger partial charge on any atom is -0.293 e. The zero-order valence-electron chi connectivity index (χ0n) is 10.7. The Bertz CT molecular complexity index is 395. The molecule has 1 aromatic rings. The first-order valence-electron chi connectivity index (χ1n) is 6.07. The van der Waals surface area contributed by atoms with Gasteiger partial charge in [0, 0.05) is 21.6 Å². The third kappa shape index (κ3) is 4.08. The van der Waals surface area contributed by atoms with Crippen LogP contribution in [-0.4, -0.2) is 21.0 Å². The zero-order valence-corrected chi connectivity index (χ0v) is 11.5. The number of hydrogen-bond acceptors (Lipinski definition) is 2. The largest absolute Gasteiger partial charge is 0.293 e. The molecular formula is C14H20O2S. The maximum Gasteiger partial charge on any atom is 0.175 e. The van der Waals surface area contributed by atoms with Crippen LogP contribution in [-0.2, 0) is 17.2 Å². The van der Waals surface area contributed by atoms with Crippen LogP contribution in [0.1, 0.15) is 43.1 Å². The normalized spacial score (nSPS) is 14.3. The summed E-state index contributed by atoms with van der Waals surface area (Å²) in [6.07, 6.45) is 1.81. The van der Waals surface area contributed by atoms with Crippen molar-refractivity contribution in [2.45, 2.75) is 38.9 Å². The van der Waals surface area contributed by atoms with Gasteiger partial charge in [-0.3, -0.25) is 9.00 Å². The monoisotopic (exact) mass is 252 g/mol. The number of carbonyl (C=O) groups is 1. The van der Waals surface area contributed by atoms with Crippen LogP contribution in [0.4, 0.5) is 0 Å². The van der Waals surface area contributed by atoms with Gasteiger partial charge in [-0.25, -0.2) is 0 Å². The molecule has 0 aliphatic carbocycles. The smallest absolute Gasteiger partial charge is 0.175 e. The number of aryl methyl sites for hydroxylation is 1. The van der Waals surface area contributed by atoms with Gasteiger partial charge in [-0.1, -0.05) is 45.0 Å². The van der Waals surface area contributed by atoms with Crippen LogP contribution in [0, 0.1) is 0 Å². The molecule has 0 N–H and O–H groups in total. The fraction of sp³-hybridized carbons (Fsp3) is 0.500. The number of hydrogen-bond donors (Lipinski definition) is 0. The van der Waals surface area contributed by atoms with Crippen LogP contribution >= 0.6 is 0 Å². The molecule has 0 heterocycles. The molecule has 0 aromatic heterocycles. The van der Waals surface area contributed by atoms with Crippen LogP contribution in [0.25, 0.3) is 0 Å². The Morgan fingerprint density at radius 3 is 2.29 bits per heavy atom. The predicted molar refractivity (Wildman–Crippen MR) is 72.9 cm³/mol. The molecule has 0 aliphatic rings. The summed E-state index contributed by atoms with van der Waals surface area (Å²) in [6, 6.07) is 7.57. The SMILES string of the molecule is CCc1ccc(C(=O)CS(=O)C(C)CC)cc1. The van der Waals surface area contributed by atoms with Crippen LogP contribution in [0.15, 0.2) is 24.3 Å². The zero-order chi connectivity index (χ0) is 12.8. The summed E-state index contributed by atoms with van der Waals surface area (Å²) >= 11 is 0. The average Bonchev–Trinajstić information content (AvgIpc) is 2.37. The molecule has 0 fully saturated rings. The molecule has 0 amide bonds. The lowest BCUT2D eigenvalue weighted by Gasteiger charge is -2.08. The van der Waals surface area contributed by atoms with Crippen LogP contribution in [0.5, 0.6) is 0 Å². The van der Waals surface area contributed by atoms with Gasteiger partial charge in [0.15, 0.2) is 5.78 Å². The number of benzene rings is 1. The predicted octanol–water partition coefficient (Wildman–Crippen LogP) is 2.98. The Labute approximate surface area is 106 Å². The molecule has 17 heavy (non-hydrogen) atoms. The van der Waals surface area contributed by atoms with E-state index in [1.54, 1.807) is 0 Å². The highest BCUT2D eigenvalue weighted by atomic mass is 32.2. The second-order valence-corrected chi connectivity index (χ2v) is 6.07. The highest BCUT2D eigenvalue weighted by Gasteiger charge is 2.14. The fourth-order valence-corrected chi connectivity index (χ4v) is 2.55. The van der Waals surface area contributed by atoms with E-state index in [-0.39, 0.29) is 16.8 Å². The molecule has 0 radical (unpaired) electrons. The van der Waals surface area contributed by atoms with Crippen LogP contribution in [0.3, 0.4) is 0 Å². The van der Waals surface area contributed by atoms with Gasteiger partial charge < -0.3 is 0 Å². The van der Waals surface area contributed by atoms with Gasteiger partial charge in [0.05, 0.1) is 5.75 Å². The van der Waals surface area contributed by atoms with Crippen molar-refractivity contribution in [3.05, 3.63) is 35.4 Å². The van der Waals surface area contributed by atoms with Crippen molar-refractivity contribution in [2.75, 3.05) is 5.75 Å². The first kappa shape index (κ1) is 14.1. The van der Waals surface area contributed by atoms with Crippen LogP contribution < -0.4 is 0 Å². The first-order valence-corrected chi connectivity index (χ1v) is 7.46. The van der Waals surface area contributed by atoms with Crippen LogP contribution in [0.2, 0.25) is 0 Å². The van der Waals surface area contributed by atoms with E-state index in [0.717, 1.165) is 12.8 Å². The molecule has 3 heteroatoms. The molecule has 0 saturated heterocycles. The molecule has 1 rings (SSSR count). The summed E-state index contributed by atoms with van der Waals surface area (Å²) < 4.78 is 11.8. The summed E-state index contributed by atoms with van der Waals surface area (Å²) in [5.74, 6) is 0.117. The highest BCUT2D eigenvalue weighted by Crippen LogP contribution is 2.08. The van der Waals surface area contributed by atoms with E-state index < -0.39 is 10.8 Å². The summed E-state index contributed by atoms with van der Waals surface area (Å²) in [5.41, 5.74) is 1.88. The molecular weight excluding hydrogens is 232 g/mol. The second kappa shape index (κ2) is 6.70. The number of ketones is 1. The van der Waals surface area contributed by atoms with Crippen molar-refractivity contribution in [1.29, 1.82) is 0 Å². The van der Waals surface area contributed by atoms with Crippen molar-refractivity contribution in [3.8, 4) is 0 Å². The van der Waals surface area contributed by atoms with E-state index >= 15 is 0 Å². The quantitative estimate of drug-likeness (QED) is 0.729. The Hall–Kier alpha value is -0.960. The van der Waals surface area contributed by atoms with E-state index in [2.05, 4.69) is 6.92 Å². The number of rotatable bonds is 6.